The maximum Gasteiger partial charge on any atom is 0.240 e. The first-order valence-electron chi connectivity index (χ1n) is 10.8. The number of aryl methyl sites for hydroxylation is 1. The van der Waals surface area contributed by atoms with Crippen molar-refractivity contribution in [2.75, 3.05) is 25.0 Å². The van der Waals surface area contributed by atoms with E-state index in [2.05, 4.69) is 56.4 Å². The molecule has 8 heteroatoms. The van der Waals surface area contributed by atoms with Gasteiger partial charge in [0.2, 0.25) is 10.0 Å². The molecule has 2 aromatic carbocycles. The largest absolute Gasteiger partial charge is 0.369 e. The lowest BCUT2D eigenvalue weighted by Crippen LogP contribution is -2.44. The van der Waals surface area contributed by atoms with Gasteiger partial charge in [0.1, 0.15) is 0 Å². The number of hydrogen-bond donors (Lipinski definition) is 3. The van der Waals surface area contributed by atoms with Crippen LogP contribution in [-0.2, 0) is 16.6 Å². The Morgan fingerprint density at radius 1 is 1.03 bits per heavy atom. The fraction of sp³-hybridized carbons (Fsp3) is 0.435. The Kier molecular flexibility index (Phi) is 6.48. The molecule has 2 aromatic rings. The first kappa shape index (κ1) is 21.6. The van der Waals surface area contributed by atoms with Gasteiger partial charge in [0.15, 0.2) is 5.96 Å². The van der Waals surface area contributed by atoms with Crippen LogP contribution in [0.25, 0.3) is 0 Å². The van der Waals surface area contributed by atoms with E-state index in [9.17, 15) is 8.42 Å². The monoisotopic (exact) mass is 441 g/mol. The minimum Gasteiger partial charge on any atom is -0.369 e. The lowest BCUT2D eigenvalue weighted by atomic mass is 10.2. The molecule has 31 heavy (non-hydrogen) atoms. The Balaban J connectivity index is 1.27. The topological polar surface area (TPSA) is 85.8 Å². The molecule has 0 radical (unpaired) electrons. The van der Waals surface area contributed by atoms with Gasteiger partial charge in [0.25, 0.3) is 0 Å². The second kappa shape index (κ2) is 9.28. The molecule has 1 saturated heterocycles. The minimum atomic E-state index is -3.41. The fourth-order valence-electron chi connectivity index (χ4n) is 3.72. The van der Waals surface area contributed by atoms with Gasteiger partial charge in [0, 0.05) is 44.5 Å². The molecule has 0 bridgehead atoms. The fourth-order valence-corrected chi connectivity index (χ4v) is 5.02. The predicted molar refractivity (Wildman–Crippen MR) is 125 cm³/mol. The first-order valence-corrected chi connectivity index (χ1v) is 12.3. The third-order valence-corrected chi connectivity index (χ3v) is 7.28. The number of hydrogen-bond acceptors (Lipinski definition) is 4. The molecule has 0 spiro atoms. The zero-order valence-electron chi connectivity index (χ0n) is 18.1. The highest BCUT2D eigenvalue weighted by molar-refractivity contribution is 7.89. The number of sulfonamides is 1. The minimum absolute atomic E-state index is 0.110. The van der Waals surface area contributed by atoms with Crippen LogP contribution in [0.1, 0.15) is 30.4 Å². The number of guanidine groups is 1. The molecule has 0 amide bonds. The number of aliphatic imine (C=N–C) groups is 1. The molecule has 1 heterocycles. The predicted octanol–water partition coefficient (Wildman–Crippen LogP) is 2.38. The van der Waals surface area contributed by atoms with Gasteiger partial charge >= 0.3 is 0 Å². The van der Waals surface area contributed by atoms with E-state index in [1.165, 1.54) is 11.3 Å². The normalized spacial score (nSPS) is 19.5. The van der Waals surface area contributed by atoms with Crippen molar-refractivity contribution in [1.29, 1.82) is 0 Å². The number of nitrogens with zero attached hydrogens (tertiary/aromatic N) is 2. The molecule has 1 aliphatic carbocycles. The van der Waals surface area contributed by atoms with E-state index >= 15 is 0 Å². The smallest absolute Gasteiger partial charge is 0.240 e. The molecule has 3 N–H and O–H groups in total. The number of rotatable bonds is 7. The van der Waals surface area contributed by atoms with Crippen LogP contribution in [0.3, 0.4) is 0 Å². The summed E-state index contributed by atoms with van der Waals surface area (Å²) < 4.78 is 27.3. The maximum absolute atomic E-state index is 12.3. The summed E-state index contributed by atoms with van der Waals surface area (Å²) in [5.41, 5.74) is 3.53. The molecule has 2 fully saturated rings. The van der Waals surface area contributed by atoms with Gasteiger partial charge in [-0.15, -0.1) is 0 Å². The van der Waals surface area contributed by atoms with Crippen LogP contribution < -0.4 is 20.3 Å². The van der Waals surface area contributed by atoms with Crippen LogP contribution in [0.2, 0.25) is 0 Å². The number of anilines is 1. The third kappa shape index (κ3) is 5.77. The zero-order valence-corrected chi connectivity index (χ0v) is 19.0. The van der Waals surface area contributed by atoms with E-state index in [0.29, 0.717) is 17.5 Å². The summed E-state index contributed by atoms with van der Waals surface area (Å²) in [7, 11) is -1.64. The molecule has 1 atom stereocenters. The van der Waals surface area contributed by atoms with E-state index < -0.39 is 10.0 Å². The molecule has 4 rings (SSSR count). The Labute approximate surface area is 185 Å². The van der Waals surface area contributed by atoms with Crippen molar-refractivity contribution in [1.82, 2.24) is 15.4 Å². The molecule has 1 aliphatic heterocycles. The van der Waals surface area contributed by atoms with Gasteiger partial charge in [-0.3, -0.25) is 4.99 Å². The highest BCUT2D eigenvalue weighted by Crippen LogP contribution is 2.22. The van der Waals surface area contributed by atoms with Gasteiger partial charge in [-0.25, -0.2) is 13.1 Å². The average Bonchev–Trinajstić information content (AvgIpc) is 3.45. The van der Waals surface area contributed by atoms with Gasteiger partial charge in [0.05, 0.1) is 4.90 Å². The molecule has 166 valence electrons. The van der Waals surface area contributed by atoms with Crippen LogP contribution in [0.5, 0.6) is 0 Å². The van der Waals surface area contributed by atoms with Crippen LogP contribution in [0.4, 0.5) is 5.69 Å². The van der Waals surface area contributed by atoms with E-state index in [-0.39, 0.29) is 6.04 Å². The van der Waals surface area contributed by atoms with Crippen molar-refractivity contribution >= 4 is 21.7 Å². The average molecular weight is 442 g/mol. The van der Waals surface area contributed by atoms with Crippen molar-refractivity contribution in [2.45, 2.75) is 49.7 Å². The third-order valence-electron chi connectivity index (χ3n) is 5.74. The van der Waals surface area contributed by atoms with Crippen molar-refractivity contribution in [3.05, 3.63) is 59.7 Å². The van der Waals surface area contributed by atoms with Crippen molar-refractivity contribution in [3.63, 3.8) is 0 Å². The van der Waals surface area contributed by atoms with Gasteiger partial charge in [-0.2, -0.15) is 0 Å². The zero-order chi connectivity index (χ0) is 21.8. The second-order valence-corrected chi connectivity index (χ2v) is 10.1. The van der Waals surface area contributed by atoms with E-state index in [1.807, 2.05) is 12.1 Å². The SMILES string of the molecule is CN=C(NCc1ccc(S(=O)(=O)NC2CC2)cc1)NC1CCN(c2ccc(C)cc2)C1. The summed E-state index contributed by atoms with van der Waals surface area (Å²) in [6.45, 7) is 4.63. The molecule has 1 saturated carbocycles. The lowest BCUT2D eigenvalue weighted by molar-refractivity contribution is 0.581. The molecule has 7 nitrogen and oxygen atoms in total. The molecular weight excluding hydrogens is 410 g/mol. The standard InChI is InChI=1S/C23H31N5O2S/c1-17-3-9-21(10-4-17)28-14-13-20(16-28)26-23(24-2)25-15-18-5-11-22(12-6-18)31(29,30)27-19-7-8-19/h3-6,9-12,19-20,27H,7-8,13-16H2,1-2H3,(H2,24,25,26). The van der Waals surface area contributed by atoms with Crippen molar-refractivity contribution in [2.24, 2.45) is 4.99 Å². The quantitative estimate of drug-likeness (QED) is 0.454. The van der Waals surface area contributed by atoms with Crippen LogP contribution in [-0.4, -0.2) is 46.6 Å². The molecular formula is C23H31N5O2S. The number of benzene rings is 2. The van der Waals surface area contributed by atoms with Crippen molar-refractivity contribution in [3.8, 4) is 0 Å². The summed E-state index contributed by atoms with van der Waals surface area (Å²) >= 11 is 0. The summed E-state index contributed by atoms with van der Waals surface area (Å²) in [5.74, 6) is 0.753. The highest BCUT2D eigenvalue weighted by Gasteiger charge is 2.28. The van der Waals surface area contributed by atoms with Gasteiger partial charge < -0.3 is 15.5 Å². The van der Waals surface area contributed by atoms with Crippen molar-refractivity contribution < 1.29 is 8.42 Å². The first-order chi connectivity index (χ1) is 14.9. The highest BCUT2D eigenvalue weighted by atomic mass is 32.2. The van der Waals surface area contributed by atoms with E-state index in [4.69, 9.17) is 0 Å². The Morgan fingerprint density at radius 2 is 1.74 bits per heavy atom. The summed E-state index contributed by atoms with van der Waals surface area (Å²) in [5, 5.41) is 6.83. The Hall–Kier alpha value is -2.58. The van der Waals surface area contributed by atoms with Crippen LogP contribution in [0, 0.1) is 6.92 Å². The van der Waals surface area contributed by atoms with Crippen LogP contribution >= 0.6 is 0 Å². The van der Waals surface area contributed by atoms with Gasteiger partial charge in [-0.05, 0) is 56.0 Å². The molecule has 0 aromatic heterocycles. The summed E-state index contributed by atoms with van der Waals surface area (Å²) in [4.78, 5) is 7.04. The van der Waals surface area contributed by atoms with E-state index in [1.54, 1.807) is 19.2 Å². The summed E-state index contributed by atoms with van der Waals surface area (Å²) in [6, 6.07) is 16.1. The molecule has 2 aliphatic rings. The maximum atomic E-state index is 12.3. The molecule has 1 unspecified atom stereocenters. The second-order valence-electron chi connectivity index (χ2n) is 8.38. The van der Waals surface area contributed by atoms with Gasteiger partial charge in [-0.1, -0.05) is 29.8 Å². The van der Waals surface area contributed by atoms with Crippen LogP contribution in [0.15, 0.2) is 58.4 Å². The number of nitrogens with one attached hydrogen (secondary N) is 3. The van der Waals surface area contributed by atoms with E-state index in [0.717, 1.165) is 43.9 Å². The summed E-state index contributed by atoms with van der Waals surface area (Å²) in [6.07, 6.45) is 2.91. The Morgan fingerprint density at radius 3 is 2.39 bits per heavy atom. The lowest BCUT2D eigenvalue weighted by Gasteiger charge is -2.20. The Bertz CT molecular complexity index is 1010.